The van der Waals surface area contributed by atoms with E-state index in [1.807, 2.05) is 18.2 Å². The van der Waals surface area contributed by atoms with Gasteiger partial charge in [-0.15, -0.1) is 0 Å². The Bertz CT molecular complexity index is 1000. The Kier molecular flexibility index (Phi) is 3.32. The third-order valence-electron chi connectivity index (χ3n) is 4.92. The zero-order valence-corrected chi connectivity index (χ0v) is 14.2. The van der Waals surface area contributed by atoms with Crippen LogP contribution in [0.5, 0.6) is 11.5 Å². The van der Waals surface area contributed by atoms with Crippen molar-refractivity contribution in [3.8, 4) is 11.5 Å². The smallest absolute Gasteiger partial charge is 0.153 e. The topological polar surface area (TPSA) is 91.8 Å². The van der Waals surface area contributed by atoms with Gasteiger partial charge in [-0.05, 0) is 32.0 Å². The molecule has 2 heterocycles. The second-order valence-corrected chi connectivity index (χ2v) is 6.88. The molecule has 0 spiro atoms. The number of aromatic nitrogens is 1. The summed E-state index contributed by atoms with van der Waals surface area (Å²) in [7, 11) is 1.59. The lowest BCUT2D eigenvalue weighted by molar-refractivity contribution is -0.111. The normalized spacial score (nSPS) is 21.8. The molecule has 1 aliphatic rings. The molecule has 3 aromatic rings. The molecule has 1 aliphatic heterocycles. The molecule has 0 unspecified atom stereocenters. The van der Waals surface area contributed by atoms with Gasteiger partial charge in [-0.2, -0.15) is 0 Å². The molecule has 6 nitrogen and oxygen atoms in total. The van der Waals surface area contributed by atoms with Crippen LogP contribution in [0.1, 0.15) is 35.9 Å². The molecule has 0 amide bonds. The molecule has 1 aromatic heterocycles. The number of rotatable bonds is 2. The highest BCUT2D eigenvalue weighted by molar-refractivity contribution is 6.11. The maximum Gasteiger partial charge on any atom is 0.153 e. The van der Waals surface area contributed by atoms with Gasteiger partial charge >= 0.3 is 0 Å². The second-order valence-electron chi connectivity index (χ2n) is 6.88. The maximum absolute atomic E-state index is 11.6. The standard InChI is InChI=1S/C19H19NO5/c1-19(2)18(23)16(22)14-15-12(6-9(8-21)17(14)25-19)11-5-4-10(24-3)7-13(11)20-15/h4-8,16,18,20,22-23H,1-3H3/t16-,18+/m0/s1. The van der Waals surface area contributed by atoms with Crippen LogP contribution in [0.2, 0.25) is 0 Å². The predicted octanol–water partition coefficient (Wildman–Crippen LogP) is 2.71. The lowest BCUT2D eigenvalue weighted by Crippen LogP contribution is -2.49. The molecule has 6 heteroatoms. The van der Waals surface area contributed by atoms with Gasteiger partial charge in [-0.25, -0.2) is 0 Å². The molecule has 0 saturated carbocycles. The van der Waals surface area contributed by atoms with E-state index < -0.39 is 17.8 Å². The van der Waals surface area contributed by atoms with Crippen molar-refractivity contribution in [2.75, 3.05) is 7.11 Å². The van der Waals surface area contributed by atoms with Crippen molar-refractivity contribution < 1.29 is 24.5 Å². The van der Waals surface area contributed by atoms with Gasteiger partial charge in [-0.3, -0.25) is 4.79 Å². The van der Waals surface area contributed by atoms with Crippen molar-refractivity contribution in [3.05, 3.63) is 35.4 Å². The summed E-state index contributed by atoms with van der Waals surface area (Å²) in [6.45, 7) is 3.36. The Hall–Kier alpha value is -2.57. The third kappa shape index (κ3) is 2.14. The molecule has 130 valence electrons. The largest absolute Gasteiger partial charge is 0.497 e. The van der Waals surface area contributed by atoms with Gasteiger partial charge in [0.05, 0.1) is 29.3 Å². The summed E-state index contributed by atoms with van der Waals surface area (Å²) in [4.78, 5) is 14.9. The van der Waals surface area contributed by atoms with E-state index in [0.717, 1.165) is 16.3 Å². The van der Waals surface area contributed by atoms with Crippen molar-refractivity contribution in [1.29, 1.82) is 0 Å². The first kappa shape index (κ1) is 15.9. The molecule has 4 rings (SSSR count). The minimum Gasteiger partial charge on any atom is -0.497 e. The van der Waals surface area contributed by atoms with Crippen LogP contribution in [0.3, 0.4) is 0 Å². The summed E-state index contributed by atoms with van der Waals surface area (Å²) in [6, 6.07) is 7.32. The van der Waals surface area contributed by atoms with E-state index in [4.69, 9.17) is 9.47 Å². The summed E-state index contributed by atoms with van der Waals surface area (Å²) in [6.07, 6.45) is -1.58. The number of aliphatic hydroxyl groups is 2. The number of carbonyl (C=O) groups is 1. The average Bonchev–Trinajstić information content (AvgIpc) is 2.95. The number of hydrogen-bond acceptors (Lipinski definition) is 5. The maximum atomic E-state index is 11.6. The Morgan fingerprint density at radius 3 is 2.68 bits per heavy atom. The first-order valence-corrected chi connectivity index (χ1v) is 8.04. The molecule has 0 fully saturated rings. The average molecular weight is 341 g/mol. The number of aromatic amines is 1. The van der Waals surface area contributed by atoms with Crippen LogP contribution in [0.25, 0.3) is 21.8 Å². The number of methoxy groups -OCH3 is 1. The van der Waals surface area contributed by atoms with Crippen LogP contribution in [-0.4, -0.2) is 40.3 Å². The highest BCUT2D eigenvalue weighted by Crippen LogP contribution is 2.46. The van der Waals surface area contributed by atoms with Crippen molar-refractivity contribution in [2.24, 2.45) is 0 Å². The van der Waals surface area contributed by atoms with E-state index in [-0.39, 0.29) is 0 Å². The summed E-state index contributed by atoms with van der Waals surface area (Å²) >= 11 is 0. The molecule has 2 aromatic carbocycles. The Morgan fingerprint density at radius 1 is 1.24 bits per heavy atom. The van der Waals surface area contributed by atoms with Gasteiger partial charge in [0.1, 0.15) is 29.3 Å². The zero-order chi connectivity index (χ0) is 17.9. The zero-order valence-electron chi connectivity index (χ0n) is 14.2. The molecule has 0 saturated heterocycles. The summed E-state index contributed by atoms with van der Waals surface area (Å²) < 4.78 is 11.1. The lowest BCUT2D eigenvalue weighted by atomic mass is 9.86. The minimum absolute atomic E-state index is 0.309. The molecule has 0 radical (unpaired) electrons. The Morgan fingerprint density at radius 2 is 2.00 bits per heavy atom. The monoisotopic (exact) mass is 341 g/mol. The van der Waals surface area contributed by atoms with Crippen LogP contribution >= 0.6 is 0 Å². The first-order valence-electron chi connectivity index (χ1n) is 8.04. The summed E-state index contributed by atoms with van der Waals surface area (Å²) in [5.41, 5.74) is 1.20. The molecule has 25 heavy (non-hydrogen) atoms. The number of ether oxygens (including phenoxy) is 2. The molecular formula is C19H19NO5. The van der Waals surface area contributed by atoms with Crippen LogP contribution < -0.4 is 9.47 Å². The summed E-state index contributed by atoms with van der Waals surface area (Å²) in [5, 5.41) is 22.8. The van der Waals surface area contributed by atoms with Crippen molar-refractivity contribution >= 4 is 28.1 Å². The van der Waals surface area contributed by atoms with E-state index >= 15 is 0 Å². The first-order chi connectivity index (χ1) is 11.9. The number of aliphatic hydroxyl groups excluding tert-OH is 2. The van der Waals surface area contributed by atoms with Crippen LogP contribution in [0, 0.1) is 0 Å². The van der Waals surface area contributed by atoms with Gasteiger partial charge in [0.15, 0.2) is 6.29 Å². The van der Waals surface area contributed by atoms with Gasteiger partial charge in [0, 0.05) is 16.8 Å². The van der Waals surface area contributed by atoms with Crippen molar-refractivity contribution in [3.63, 3.8) is 0 Å². The molecular weight excluding hydrogens is 322 g/mol. The Labute approximate surface area is 144 Å². The van der Waals surface area contributed by atoms with E-state index in [2.05, 4.69) is 4.98 Å². The second kappa shape index (κ2) is 5.21. The van der Waals surface area contributed by atoms with E-state index in [1.54, 1.807) is 27.0 Å². The molecule has 0 bridgehead atoms. The number of nitrogens with one attached hydrogen (secondary N) is 1. The van der Waals surface area contributed by atoms with E-state index in [9.17, 15) is 15.0 Å². The van der Waals surface area contributed by atoms with Crippen molar-refractivity contribution in [1.82, 2.24) is 4.98 Å². The minimum atomic E-state index is -1.17. The van der Waals surface area contributed by atoms with Crippen LogP contribution in [-0.2, 0) is 0 Å². The fourth-order valence-corrected chi connectivity index (χ4v) is 3.52. The number of fused-ring (bicyclic) bond motifs is 5. The fourth-order valence-electron chi connectivity index (χ4n) is 3.52. The quantitative estimate of drug-likeness (QED) is 0.623. The summed E-state index contributed by atoms with van der Waals surface area (Å²) in [5.74, 6) is 1.00. The number of aldehydes is 1. The van der Waals surface area contributed by atoms with Crippen LogP contribution in [0.15, 0.2) is 24.3 Å². The highest BCUT2D eigenvalue weighted by Gasteiger charge is 2.44. The van der Waals surface area contributed by atoms with E-state index in [1.165, 1.54) is 0 Å². The van der Waals surface area contributed by atoms with Gasteiger partial charge in [-0.1, -0.05) is 0 Å². The van der Waals surface area contributed by atoms with Gasteiger partial charge in [0.2, 0.25) is 0 Å². The molecule has 0 aliphatic carbocycles. The Balaban J connectivity index is 2.11. The number of hydrogen-bond donors (Lipinski definition) is 3. The highest BCUT2D eigenvalue weighted by atomic mass is 16.5. The number of carbonyl (C=O) groups excluding carboxylic acids is 1. The lowest BCUT2D eigenvalue weighted by Gasteiger charge is -2.40. The molecule has 3 N–H and O–H groups in total. The molecule has 2 atom stereocenters. The fraction of sp³-hybridized carbons (Fsp3) is 0.316. The number of H-pyrrole nitrogens is 1. The van der Waals surface area contributed by atoms with Gasteiger partial charge in [0.25, 0.3) is 0 Å². The number of benzene rings is 2. The third-order valence-corrected chi connectivity index (χ3v) is 4.92. The SMILES string of the molecule is COc1ccc2c(c1)[nH]c1c3c(c(C=O)cc12)OC(C)(C)[C@H](O)[C@H]3O. The predicted molar refractivity (Wildman–Crippen MR) is 93.4 cm³/mol. The van der Waals surface area contributed by atoms with E-state index in [0.29, 0.717) is 34.4 Å². The van der Waals surface area contributed by atoms with Crippen LogP contribution in [0.4, 0.5) is 0 Å². The van der Waals surface area contributed by atoms with Gasteiger partial charge < -0.3 is 24.7 Å². The van der Waals surface area contributed by atoms with Crippen molar-refractivity contribution in [2.45, 2.75) is 31.7 Å².